The summed E-state index contributed by atoms with van der Waals surface area (Å²) in [5.74, 6) is -0.364. The molecule has 0 saturated carbocycles. The first-order chi connectivity index (χ1) is 10.0. The van der Waals surface area contributed by atoms with Crippen molar-refractivity contribution >= 4 is 33.6 Å². The highest BCUT2D eigenvalue weighted by Crippen LogP contribution is 2.23. The molecule has 1 aromatic rings. The van der Waals surface area contributed by atoms with Gasteiger partial charge >= 0.3 is 5.97 Å². The standard InChI is InChI=1S/C13H17BrN4O3/c1-3-13(4-2,11(19)20)21-17-10-7-18(8-10)12-15-5-9(14)6-16-12/h5-6H,3-4,7-8H2,1-2H3,(H,19,20). The average Bonchev–Trinajstić information content (AvgIpc) is 2.43. The molecule has 0 aromatic carbocycles. The van der Waals surface area contributed by atoms with E-state index in [1.54, 1.807) is 26.2 Å². The topological polar surface area (TPSA) is 87.9 Å². The largest absolute Gasteiger partial charge is 0.478 e. The molecule has 0 atom stereocenters. The van der Waals surface area contributed by atoms with Crippen LogP contribution in [0, 0.1) is 0 Å². The zero-order valence-corrected chi connectivity index (χ0v) is 13.5. The van der Waals surface area contributed by atoms with Crippen LogP contribution in [0.4, 0.5) is 5.95 Å². The Kier molecular flexibility index (Phi) is 4.76. The maximum absolute atomic E-state index is 11.3. The van der Waals surface area contributed by atoms with Gasteiger partial charge in [-0.3, -0.25) is 0 Å². The maximum Gasteiger partial charge on any atom is 0.350 e. The Morgan fingerprint density at radius 2 is 2.00 bits per heavy atom. The Morgan fingerprint density at radius 3 is 2.48 bits per heavy atom. The number of anilines is 1. The predicted octanol–water partition coefficient (Wildman–Crippen LogP) is 2.08. The number of aromatic nitrogens is 2. The number of carboxylic acids is 1. The molecule has 1 saturated heterocycles. The van der Waals surface area contributed by atoms with Crippen LogP contribution in [0.2, 0.25) is 0 Å². The molecule has 1 aliphatic rings. The van der Waals surface area contributed by atoms with E-state index in [9.17, 15) is 9.90 Å². The van der Waals surface area contributed by atoms with Gasteiger partial charge in [0.1, 0.15) is 0 Å². The van der Waals surface area contributed by atoms with Crippen LogP contribution in [0.3, 0.4) is 0 Å². The van der Waals surface area contributed by atoms with Gasteiger partial charge in [-0.2, -0.15) is 0 Å². The lowest BCUT2D eigenvalue weighted by Gasteiger charge is -2.33. The fourth-order valence-corrected chi connectivity index (χ4v) is 2.14. The molecule has 8 heteroatoms. The molecule has 7 nitrogen and oxygen atoms in total. The highest BCUT2D eigenvalue weighted by molar-refractivity contribution is 9.10. The van der Waals surface area contributed by atoms with Crippen molar-refractivity contribution in [3.05, 3.63) is 16.9 Å². The van der Waals surface area contributed by atoms with Crippen LogP contribution in [0.5, 0.6) is 0 Å². The number of halogens is 1. The molecule has 1 fully saturated rings. The molecule has 0 unspecified atom stereocenters. The lowest BCUT2D eigenvalue weighted by Crippen LogP contribution is -2.49. The van der Waals surface area contributed by atoms with Crippen molar-refractivity contribution < 1.29 is 14.7 Å². The third-order valence-corrected chi connectivity index (χ3v) is 3.93. The molecular formula is C13H17BrN4O3. The van der Waals surface area contributed by atoms with Crippen molar-refractivity contribution in [2.75, 3.05) is 18.0 Å². The van der Waals surface area contributed by atoms with E-state index in [1.165, 1.54) is 0 Å². The minimum atomic E-state index is -1.23. The minimum Gasteiger partial charge on any atom is -0.478 e. The van der Waals surface area contributed by atoms with Crippen LogP contribution < -0.4 is 4.90 Å². The third kappa shape index (κ3) is 3.31. The maximum atomic E-state index is 11.3. The fraction of sp³-hybridized carbons (Fsp3) is 0.538. The molecule has 114 valence electrons. The number of aliphatic carboxylic acids is 1. The van der Waals surface area contributed by atoms with Crippen LogP contribution >= 0.6 is 15.9 Å². The molecular weight excluding hydrogens is 340 g/mol. The molecule has 0 amide bonds. The summed E-state index contributed by atoms with van der Waals surface area (Å²) in [5.41, 5.74) is -0.448. The number of oxime groups is 1. The lowest BCUT2D eigenvalue weighted by atomic mass is 9.98. The van der Waals surface area contributed by atoms with Gasteiger partial charge in [0.05, 0.1) is 23.3 Å². The quantitative estimate of drug-likeness (QED) is 0.785. The van der Waals surface area contributed by atoms with Crippen molar-refractivity contribution in [3.8, 4) is 0 Å². The van der Waals surface area contributed by atoms with Gasteiger partial charge < -0.3 is 14.8 Å². The lowest BCUT2D eigenvalue weighted by molar-refractivity contribution is -0.167. The van der Waals surface area contributed by atoms with Gasteiger partial charge in [-0.25, -0.2) is 14.8 Å². The fourth-order valence-electron chi connectivity index (χ4n) is 1.93. The summed E-state index contributed by atoms with van der Waals surface area (Å²) in [5, 5.41) is 13.2. The van der Waals surface area contributed by atoms with Crippen LogP contribution in [0.15, 0.2) is 22.0 Å². The number of nitrogens with zero attached hydrogens (tertiary/aromatic N) is 4. The summed E-state index contributed by atoms with van der Waals surface area (Å²) < 4.78 is 0.820. The van der Waals surface area contributed by atoms with E-state index in [2.05, 4.69) is 31.1 Å². The van der Waals surface area contributed by atoms with Crippen LogP contribution in [-0.2, 0) is 9.63 Å². The monoisotopic (exact) mass is 356 g/mol. The Labute approximate surface area is 131 Å². The van der Waals surface area contributed by atoms with Crippen molar-refractivity contribution in [1.82, 2.24) is 9.97 Å². The second kappa shape index (κ2) is 6.38. The predicted molar refractivity (Wildman–Crippen MR) is 81.4 cm³/mol. The first-order valence-electron chi connectivity index (χ1n) is 6.70. The summed E-state index contributed by atoms with van der Waals surface area (Å²) in [6.07, 6.45) is 4.10. The minimum absolute atomic E-state index is 0.370. The van der Waals surface area contributed by atoms with Gasteiger partial charge in [0, 0.05) is 12.4 Å². The van der Waals surface area contributed by atoms with E-state index in [4.69, 9.17) is 4.84 Å². The Bertz CT molecular complexity index is 535. The van der Waals surface area contributed by atoms with Crippen molar-refractivity contribution in [1.29, 1.82) is 0 Å². The third-order valence-electron chi connectivity index (χ3n) is 3.52. The van der Waals surface area contributed by atoms with Gasteiger partial charge in [0.2, 0.25) is 11.5 Å². The van der Waals surface area contributed by atoms with Crippen molar-refractivity contribution in [2.45, 2.75) is 32.3 Å². The van der Waals surface area contributed by atoms with Crippen molar-refractivity contribution in [3.63, 3.8) is 0 Å². The summed E-state index contributed by atoms with van der Waals surface area (Å²) in [4.78, 5) is 26.9. The summed E-state index contributed by atoms with van der Waals surface area (Å²) in [6, 6.07) is 0. The Hall–Kier alpha value is -1.70. The first-order valence-corrected chi connectivity index (χ1v) is 7.50. The smallest absolute Gasteiger partial charge is 0.350 e. The number of carboxylic acid groups (broad SMARTS) is 1. The Balaban J connectivity index is 1.94. The summed E-state index contributed by atoms with van der Waals surface area (Å²) in [7, 11) is 0. The molecule has 1 aliphatic heterocycles. The summed E-state index contributed by atoms with van der Waals surface area (Å²) in [6.45, 7) is 4.65. The SMILES string of the molecule is CCC(CC)(ON=C1CN(c2ncc(Br)cn2)C1)C(=O)O. The van der Waals surface area contributed by atoms with E-state index in [0.29, 0.717) is 31.9 Å². The molecule has 0 bridgehead atoms. The molecule has 0 aliphatic carbocycles. The van der Waals surface area contributed by atoms with Crippen LogP contribution in [0.1, 0.15) is 26.7 Å². The Morgan fingerprint density at radius 1 is 1.43 bits per heavy atom. The molecule has 21 heavy (non-hydrogen) atoms. The first kappa shape index (κ1) is 15.7. The van der Waals surface area contributed by atoms with E-state index >= 15 is 0 Å². The van der Waals surface area contributed by atoms with Gasteiger partial charge in [0.25, 0.3) is 0 Å². The van der Waals surface area contributed by atoms with E-state index < -0.39 is 11.6 Å². The van der Waals surface area contributed by atoms with Gasteiger partial charge in [-0.15, -0.1) is 0 Å². The summed E-state index contributed by atoms with van der Waals surface area (Å²) >= 11 is 3.28. The average molecular weight is 357 g/mol. The molecule has 1 N–H and O–H groups in total. The van der Waals surface area contributed by atoms with Crippen molar-refractivity contribution in [2.24, 2.45) is 5.16 Å². The van der Waals surface area contributed by atoms with Gasteiger partial charge in [-0.1, -0.05) is 19.0 Å². The highest BCUT2D eigenvalue weighted by atomic mass is 79.9. The van der Waals surface area contributed by atoms with Crippen LogP contribution in [-0.4, -0.2) is 45.4 Å². The highest BCUT2D eigenvalue weighted by Gasteiger charge is 2.38. The molecule has 0 spiro atoms. The zero-order valence-electron chi connectivity index (χ0n) is 11.9. The number of hydrogen-bond acceptors (Lipinski definition) is 6. The van der Waals surface area contributed by atoms with Crippen LogP contribution in [0.25, 0.3) is 0 Å². The van der Waals surface area contributed by atoms with Gasteiger partial charge in [-0.05, 0) is 28.8 Å². The van der Waals surface area contributed by atoms with E-state index in [0.717, 1.165) is 10.2 Å². The van der Waals surface area contributed by atoms with E-state index in [1.807, 2.05) is 4.90 Å². The molecule has 1 aromatic heterocycles. The normalized spacial score (nSPS) is 14.6. The second-order valence-electron chi connectivity index (χ2n) is 4.81. The molecule has 2 heterocycles. The van der Waals surface area contributed by atoms with E-state index in [-0.39, 0.29) is 0 Å². The second-order valence-corrected chi connectivity index (χ2v) is 5.73. The number of carbonyl (C=O) groups is 1. The molecule has 0 radical (unpaired) electrons. The number of hydrogen-bond donors (Lipinski definition) is 1. The zero-order chi connectivity index (χ0) is 15.5. The van der Waals surface area contributed by atoms with Gasteiger partial charge in [0.15, 0.2) is 0 Å². The number of rotatable bonds is 6. The molecule has 2 rings (SSSR count).